The second kappa shape index (κ2) is 5.81. The fraction of sp³-hybridized carbons (Fsp3) is 0.538. The van der Waals surface area contributed by atoms with E-state index in [0.29, 0.717) is 17.9 Å². The molecule has 0 fully saturated rings. The Morgan fingerprint density at radius 2 is 2.00 bits per heavy atom. The number of aliphatic hydroxyl groups is 1. The zero-order valence-corrected chi connectivity index (χ0v) is 13.9. The summed E-state index contributed by atoms with van der Waals surface area (Å²) in [6.07, 6.45) is -0.0456. The topological polar surface area (TPSA) is 63.6 Å². The lowest BCUT2D eigenvalue weighted by molar-refractivity contribution is 0.135. The van der Waals surface area contributed by atoms with Crippen LogP contribution in [0.15, 0.2) is 22.7 Å². The number of sulfone groups is 1. The van der Waals surface area contributed by atoms with Crippen LogP contribution in [0.1, 0.15) is 32.4 Å². The van der Waals surface area contributed by atoms with Gasteiger partial charge in [-0.3, -0.25) is 0 Å². The van der Waals surface area contributed by atoms with E-state index in [9.17, 15) is 13.5 Å². The van der Waals surface area contributed by atoms with Crippen molar-refractivity contribution in [2.24, 2.45) is 0 Å². The summed E-state index contributed by atoms with van der Waals surface area (Å²) in [4.78, 5) is 0. The summed E-state index contributed by atoms with van der Waals surface area (Å²) >= 11 is 3.32. The van der Waals surface area contributed by atoms with Crippen LogP contribution >= 0.6 is 15.9 Å². The first-order chi connectivity index (χ1) is 8.61. The van der Waals surface area contributed by atoms with Gasteiger partial charge < -0.3 is 9.84 Å². The largest absolute Gasteiger partial charge is 0.493 e. The van der Waals surface area contributed by atoms with Crippen molar-refractivity contribution < 1.29 is 18.3 Å². The number of hydrogen-bond donors (Lipinski definition) is 1. The van der Waals surface area contributed by atoms with E-state index < -0.39 is 20.7 Å². The van der Waals surface area contributed by atoms with Crippen LogP contribution in [0.4, 0.5) is 0 Å². The lowest BCUT2D eigenvalue weighted by Gasteiger charge is -2.30. The van der Waals surface area contributed by atoms with E-state index in [1.807, 2.05) is 6.92 Å². The minimum Gasteiger partial charge on any atom is -0.493 e. The van der Waals surface area contributed by atoms with Crippen LogP contribution in [0.2, 0.25) is 0 Å². The Morgan fingerprint density at radius 3 is 2.47 bits per heavy atom. The van der Waals surface area contributed by atoms with Gasteiger partial charge in [0.2, 0.25) is 0 Å². The van der Waals surface area contributed by atoms with Crippen LogP contribution in [0, 0.1) is 0 Å². The molecule has 1 unspecified atom stereocenters. The molecule has 1 aromatic carbocycles. The Bertz CT molecular complexity index is 552. The maximum atomic E-state index is 11.8. The van der Waals surface area contributed by atoms with Gasteiger partial charge in [-0.15, -0.1) is 0 Å². The molecule has 1 rings (SSSR count). The second-order valence-corrected chi connectivity index (χ2v) is 8.41. The molecule has 0 aliphatic heterocycles. The van der Waals surface area contributed by atoms with Crippen molar-refractivity contribution in [3.8, 4) is 5.75 Å². The predicted molar refractivity (Wildman–Crippen MR) is 79.2 cm³/mol. The standard InChI is InChI=1S/C13H19BrO4S/c1-5-18-11-7-6-9(14)8-10(11)12(15)13(2,3)19(4,16)17/h6-8,12,15H,5H2,1-4H3. The minimum absolute atomic E-state index is 0.445. The molecular weight excluding hydrogens is 332 g/mol. The van der Waals surface area contributed by atoms with Crippen LogP contribution < -0.4 is 4.74 Å². The molecule has 0 amide bonds. The molecule has 0 radical (unpaired) electrons. The Labute approximate surface area is 122 Å². The van der Waals surface area contributed by atoms with Gasteiger partial charge in [-0.2, -0.15) is 0 Å². The van der Waals surface area contributed by atoms with E-state index in [4.69, 9.17) is 4.74 Å². The molecular formula is C13H19BrO4S. The Kier molecular flexibility index (Phi) is 5.03. The van der Waals surface area contributed by atoms with Gasteiger partial charge in [0.1, 0.15) is 11.9 Å². The highest BCUT2D eigenvalue weighted by atomic mass is 79.9. The van der Waals surface area contributed by atoms with Crippen molar-refractivity contribution in [2.75, 3.05) is 12.9 Å². The second-order valence-electron chi connectivity index (χ2n) is 4.89. The molecule has 0 heterocycles. The van der Waals surface area contributed by atoms with Gasteiger partial charge in [-0.25, -0.2) is 8.42 Å². The number of benzene rings is 1. The molecule has 19 heavy (non-hydrogen) atoms. The Balaban J connectivity index is 3.33. The highest BCUT2D eigenvalue weighted by molar-refractivity contribution is 9.10. The van der Waals surface area contributed by atoms with Gasteiger partial charge in [0.25, 0.3) is 0 Å². The quantitative estimate of drug-likeness (QED) is 0.886. The molecule has 0 saturated carbocycles. The highest BCUT2D eigenvalue weighted by Crippen LogP contribution is 2.38. The lowest BCUT2D eigenvalue weighted by Crippen LogP contribution is -2.38. The molecule has 1 aromatic rings. The van der Waals surface area contributed by atoms with E-state index in [1.54, 1.807) is 18.2 Å². The molecule has 0 aliphatic carbocycles. The van der Waals surface area contributed by atoms with Crippen molar-refractivity contribution >= 4 is 25.8 Å². The van der Waals surface area contributed by atoms with Gasteiger partial charge in [0, 0.05) is 16.3 Å². The lowest BCUT2D eigenvalue weighted by atomic mass is 9.97. The summed E-state index contributed by atoms with van der Waals surface area (Å²) in [7, 11) is -3.42. The number of ether oxygens (including phenoxy) is 1. The average molecular weight is 351 g/mol. The monoisotopic (exact) mass is 350 g/mol. The van der Waals surface area contributed by atoms with Crippen molar-refractivity contribution in [2.45, 2.75) is 31.6 Å². The fourth-order valence-corrected chi connectivity index (χ4v) is 2.51. The van der Waals surface area contributed by atoms with E-state index in [1.165, 1.54) is 13.8 Å². The zero-order valence-electron chi connectivity index (χ0n) is 11.5. The Morgan fingerprint density at radius 1 is 1.42 bits per heavy atom. The third-order valence-electron chi connectivity index (χ3n) is 3.18. The third kappa shape index (κ3) is 3.49. The van der Waals surface area contributed by atoms with E-state index in [2.05, 4.69) is 15.9 Å². The summed E-state index contributed by atoms with van der Waals surface area (Å²) in [5.74, 6) is 0.495. The molecule has 0 spiro atoms. The molecule has 0 bridgehead atoms. The molecule has 108 valence electrons. The van der Waals surface area contributed by atoms with Gasteiger partial charge in [0.05, 0.1) is 11.4 Å². The van der Waals surface area contributed by atoms with Crippen molar-refractivity contribution in [3.63, 3.8) is 0 Å². The summed E-state index contributed by atoms with van der Waals surface area (Å²) in [6.45, 7) is 5.29. The number of aliphatic hydroxyl groups excluding tert-OH is 1. The molecule has 1 atom stereocenters. The molecule has 4 nitrogen and oxygen atoms in total. The van der Waals surface area contributed by atoms with Gasteiger partial charge in [-0.05, 0) is 39.0 Å². The average Bonchev–Trinajstić information content (AvgIpc) is 2.29. The van der Waals surface area contributed by atoms with Crippen LogP contribution in [-0.4, -0.2) is 31.1 Å². The van der Waals surface area contributed by atoms with E-state index in [0.717, 1.165) is 10.7 Å². The first kappa shape index (κ1) is 16.5. The number of hydrogen-bond acceptors (Lipinski definition) is 4. The van der Waals surface area contributed by atoms with E-state index in [-0.39, 0.29) is 0 Å². The smallest absolute Gasteiger partial charge is 0.155 e. The first-order valence-electron chi connectivity index (χ1n) is 5.91. The Hall–Kier alpha value is -0.590. The van der Waals surface area contributed by atoms with Gasteiger partial charge in [-0.1, -0.05) is 15.9 Å². The van der Waals surface area contributed by atoms with Crippen LogP contribution in [0.3, 0.4) is 0 Å². The summed E-state index contributed by atoms with van der Waals surface area (Å²) in [6, 6.07) is 5.18. The molecule has 0 aromatic heterocycles. The predicted octanol–water partition coefficient (Wildman–Crippen LogP) is 2.70. The fourth-order valence-electron chi connectivity index (χ4n) is 1.60. The summed E-state index contributed by atoms with van der Waals surface area (Å²) in [5.41, 5.74) is 0.464. The van der Waals surface area contributed by atoms with E-state index >= 15 is 0 Å². The normalized spacial score (nSPS) is 14.2. The number of halogens is 1. The van der Waals surface area contributed by atoms with Gasteiger partial charge in [0.15, 0.2) is 9.84 Å². The SMILES string of the molecule is CCOc1ccc(Br)cc1C(O)C(C)(C)S(C)(=O)=O. The van der Waals surface area contributed by atoms with Crippen LogP contribution in [0.5, 0.6) is 5.75 Å². The summed E-state index contributed by atoms with van der Waals surface area (Å²) in [5, 5.41) is 10.4. The zero-order chi connectivity index (χ0) is 14.8. The van der Waals surface area contributed by atoms with Gasteiger partial charge >= 0.3 is 0 Å². The minimum atomic E-state index is -3.42. The number of rotatable bonds is 5. The third-order valence-corrected chi connectivity index (χ3v) is 5.81. The molecule has 0 saturated heterocycles. The van der Waals surface area contributed by atoms with Crippen molar-refractivity contribution in [1.29, 1.82) is 0 Å². The molecule has 6 heteroatoms. The molecule has 0 aliphatic rings. The maximum Gasteiger partial charge on any atom is 0.155 e. The first-order valence-corrected chi connectivity index (χ1v) is 8.59. The molecule has 1 N–H and O–H groups in total. The van der Waals surface area contributed by atoms with Crippen LogP contribution in [-0.2, 0) is 9.84 Å². The van der Waals surface area contributed by atoms with Crippen molar-refractivity contribution in [3.05, 3.63) is 28.2 Å². The maximum absolute atomic E-state index is 11.8. The van der Waals surface area contributed by atoms with Crippen molar-refractivity contribution in [1.82, 2.24) is 0 Å². The highest BCUT2D eigenvalue weighted by Gasteiger charge is 2.40. The summed E-state index contributed by atoms with van der Waals surface area (Å²) < 4.78 is 28.5. The van der Waals surface area contributed by atoms with Crippen LogP contribution in [0.25, 0.3) is 0 Å².